The second-order valence-corrected chi connectivity index (χ2v) is 3.84. The lowest BCUT2D eigenvalue weighted by Crippen LogP contribution is -1.85. The van der Waals surface area contributed by atoms with Crippen LogP contribution in [0.4, 0.5) is 0 Å². The van der Waals surface area contributed by atoms with Crippen molar-refractivity contribution in [3.63, 3.8) is 0 Å². The highest BCUT2D eigenvalue weighted by atomic mass is 16.1. The topological polar surface area (TPSA) is 34.4 Å². The molecule has 0 radical (unpaired) electrons. The van der Waals surface area contributed by atoms with Crippen LogP contribution in [0.15, 0.2) is 54.9 Å². The summed E-state index contributed by atoms with van der Waals surface area (Å²) in [5, 5.41) is 0. The maximum absolute atomic E-state index is 10.7. The molecule has 0 N–H and O–H groups in total. The van der Waals surface area contributed by atoms with Gasteiger partial charge in [-0.1, -0.05) is 30.3 Å². The highest BCUT2D eigenvalue weighted by Gasteiger charge is 2.03. The Bertz CT molecular complexity index is 671. The summed E-state index contributed by atoms with van der Waals surface area (Å²) < 4.78 is 1.91. The van der Waals surface area contributed by atoms with Crippen LogP contribution >= 0.6 is 0 Å². The number of carbonyl (C=O) groups is 1. The molecule has 0 amide bonds. The number of carbonyl (C=O) groups excluding carboxylic acids is 1. The predicted octanol–water partition coefficient (Wildman–Crippen LogP) is 2.81. The smallest absolute Gasteiger partial charge is 0.150 e. The van der Waals surface area contributed by atoms with Crippen LogP contribution < -0.4 is 0 Å². The summed E-state index contributed by atoms with van der Waals surface area (Å²) in [4.78, 5) is 15.2. The lowest BCUT2D eigenvalue weighted by atomic mass is 10.2. The molecule has 3 heteroatoms. The van der Waals surface area contributed by atoms with Gasteiger partial charge in [-0.05, 0) is 12.1 Å². The van der Waals surface area contributed by atoms with Crippen molar-refractivity contribution in [1.82, 2.24) is 9.38 Å². The van der Waals surface area contributed by atoms with Gasteiger partial charge in [-0.3, -0.25) is 4.79 Å². The van der Waals surface area contributed by atoms with Gasteiger partial charge in [0.1, 0.15) is 11.9 Å². The molecule has 0 aliphatic carbocycles. The van der Waals surface area contributed by atoms with E-state index in [-0.39, 0.29) is 0 Å². The minimum atomic E-state index is 0.641. The van der Waals surface area contributed by atoms with Gasteiger partial charge in [-0.15, -0.1) is 0 Å². The van der Waals surface area contributed by atoms with Crippen LogP contribution in [0.25, 0.3) is 16.9 Å². The van der Waals surface area contributed by atoms with Gasteiger partial charge in [0.05, 0.1) is 5.69 Å². The van der Waals surface area contributed by atoms with Crippen LogP contribution in [0, 0.1) is 0 Å². The van der Waals surface area contributed by atoms with Gasteiger partial charge < -0.3 is 4.40 Å². The van der Waals surface area contributed by atoms with Gasteiger partial charge in [0.25, 0.3) is 0 Å². The number of nitrogens with zero attached hydrogens (tertiary/aromatic N) is 2. The molecular weight excluding hydrogens is 212 g/mol. The van der Waals surface area contributed by atoms with E-state index in [0.717, 1.165) is 23.2 Å². The van der Waals surface area contributed by atoms with Gasteiger partial charge >= 0.3 is 0 Å². The highest BCUT2D eigenvalue weighted by molar-refractivity contribution is 5.77. The molecule has 82 valence electrons. The van der Waals surface area contributed by atoms with Gasteiger partial charge in [-0.2, -0.15) is 0 Å². The van der Waals surface area contributed by atoms with Crippen LogP contribution in [0.1, 0.15) is 10.4 Å². The molecule has 0 saturated heterocycles. The summed E-state index contributed by atoms with van der Waals surface area (Å²) in [5.74, 6) is 0. The van der Waals surface area contributed by atoms with E-state index in [4.69, 9.17) is 0 Å². The second kappa shape index (κ2) is 3.87. The zero-order valence-electron chi connectivity index (χ0n) is 9.08. The van der Waals surface area contributed by atoms with Gasteiger partial charge in [0.15, 0.2) is 0 Å². The molecule has 17 heavy (non-hydrogen) atoms. The maximum atomic E-state index is 10.7. The van der Waals surface area contributed by atoms with E-state index in [1.807, 2.05) is 47.1 Å². The Balaban J connectivity index is 2.17. The molecule has 0 aliphatic rings. The quantitative estimate of drug-likeness (QED) is 0.625. The van der Waals surface area contributed by atoms with Gasteiger partial charge in [-0.25, -0.2) is 4.98 Å². The number of hydrogen-bond acceptors (Lipinski definition) is 2. The van der Waals surface area contributed by atoms with Crippen molar-refractivity contribution in [3.05, 3.63) is 60.4 Å². The van der Waals surface area contributed by atoms with Crippen LogP contribution in [0.5, 0.6) is 0 Å². The zero-order valence-corrected chi connectivity index (χ0v) is 9.08. The van der Waals surface area contributed by atoms with Gasteiger partial charge in [0, 0.05) is 23.5 Å². The number of fused-ring (bicyclic) bond motifs is 1. The normalized spacial score (nSPS) is 10.6. The van der Waals surface area contributed by atoms with Gasteiger partial charge in [0.2, 0.25) is 0 Å². The third kappa shape index (κ3) is 1.72. The Kier molecular flexibility index (Phi) is 2.22. The first-order valence-electron chi connectivity index (χ1n) is 5.36. The van der Waals surface area contributed by atoms with Crippen molar-refractivity contribution >= 4 is 11.9 Å². The first-order valence-corrected chi connectivity index (χ1v) is 5.36. The van der Waals surface area contributed by atoms with E-state index in [9.17, 15) is 4.79 Å². The Morgan fingerprint density at radius 3 is 2.71 bits per heavy atom. The van der Waals surface area contributed by atoms with Crippen LogP contribution in [0.2, 0.25) is 0 Å². The van der Waals surface area contributed by atoms with Crippen molar-refractivity contribution in [3.8, 4) is 11.3 Å². The number of aldehydes is 1. The fourth-order valence-electron chi connectivity index (χ4n) is 1.82. The predicted molar refractivity (Wildman–Crippen MR) is 66.0 cm³/mol. The summed E-state index contributed by atoms with van der Waals surface area (Å²) in [6, 6.07) is 13.5. The maximum Gasteiger partial charge on any atom is 0.150 e. The summed E-state index contributed by atoms with van der Waals surface area (Å²) in [6.45, 7) is 0. The fourth-order valence-corrected chi connectivity index (χ4v) is 1.82. The Morgan fingerprint density at radius 1 is 1.12 bits per heavy atom. The molecule has 1 aromatic carbocycles. The van der Waals surface area contributed by atoms with Crippen molar-refractivity contribution in [2.45, 2.75) is 0 Å². The molecular formula is C14H10N2O. The van der Waals surface area contributed by atoms with E-state index >= 15 is 0 Å². The monoisotopic (exact) mass is 222 g/mol. The number of pyridine rings is 1. The van der Waals surface area contributed by atoms with Crippen LogP contribution in [-0.4, -0.2) is 15.7 Å². The standard InChI is InChI=1S/C14H10N2O/c17-10-11-6-7-16-9-13(15-14(16)8-11)12-4-2-1-3-5-12/h1-10H. The molecule has 2 heterocycles. The number of hydrogen-bond donors (Lipinski definition) is 0. The summed E-state index contributed by atoms with van der Waals surface area (Å²) >= 11 is 0. The molecule has 3 aromatic rings. The Hall–Kier alpha value is -2.42. The summed E-state index contributed by atoms with van der Waals surface area (Å²) in [6.07, 6.45) is 4.63. The lowest BCUT2D eigenvalue weighted by Gasteiger charge is -1.92. The van der Waals surface area contributed by atoms with E-state index in [0.29, 0.717) is 5.56 Å². The minimum absolute atomic E-state index is 0.641. The summed E-state index contributed by atoms with van der Waals surface area (Å²) in [7, 11) is 0. The van der Waals surface area contributed by atoms with E-state index in [1.54, 1.807) is 12.1 Å². The third-order valence-electron chi connectivity index (χ3n) is 2.69. The SMILES string of the molecule is O=Cc1ccn2cc(-c3ccccc3)nc2c1. The molecule has 0 spiro atoms. The van der Waals surface area contributed by atoms with E-state index in [1.165, 1.54) is 0 Å². The fraction of sp³-hybridized carbons (Fsp3) is 0. The zero-order chi connectivity index (χ0) is 11.7. The third-order valence-corrected chi connectivity index (χ3v) is 2.69. The van der Waals surface area contributed by atoms with Crippen molar-refractivity contribution in [2.24, 2.45) is 0 Å². The number of aromatic nitrogens is 2. The molecule has 3 rings (SSSR count). The number of imidazole rings is 1. The second-order valence-electron chi connectivity index (χ2n) is 3.84. The lowest BCUT2D eigenvalue weighted by molar-refractivity contribution is 0.112. The van der Waals surface area contributed by atoms with Crippen molar-refractivity contribution < 1.29 is 4.79 Å². The molecule has 2 aromatic heterocycles. The molecule has 0 bridgehead atoms. The van der Waals surface area contributed by atoms with Crippen LogP contribution in [-0.2, 0) is 0 Å². The average Bonchev–Trinajstić information content (AvgIpc) is 2.82. The largest absolute Gasteiger partial charge is 0.306 e. The van der Waals surface area contributed by atoms with E-state index < -0.39 is 0 Å². The number of rotatable bonds is 2. The molecule has 3 nitrogen and oxygen atoms in total. The average molecular weight is 222 g/mol. The molecule has 0 fully saturated rings. The first kappa shape index (κ1) is 9.78. The summed E-state index contributed by atoms with van der Waals surface area (Å²) in [5.41, 5.74) is 3.41. The minimum Gasteiger partial charge on any atom is -0.306 e. The first-order chi connectivity index (χ1) is 8.36. The van der Waals surface area contributed by atoms with Crippen molar-refractivity contribution in [1.29, 1.82) is 0 Å². The molecule has 0 aliphatic heterocycles. The molecule has 0 unspecified atom stereocenters. The molecule has 0 saturated carbocycles. The highest BCUT2D eigenvalue weighted by Crippen LogP contribution is 2.18. The Morgan fingerprint density at radius 2 is 1.94 bits per heavy atom. The van der Waals surface area contributed by atoms with Crippen LogP contribution in [0.3, 0.4) is 0 Å². The molecule has 0 atom stereocenters. The van der Waals surface area contributed by atoms with Crippen molar-refractivity contribution in [2.75, 3.05) is 0 Å². The Labute approximate surface area is 98.4 Å². The number of benzene rings is 1. The van der Waals surface area contributed by atoms with E-state index in [2.05, 4.69) is 4.98 Å².